The van der Waals surface area contributed by atoms with Gasteiger partial charge < -0.3 is 10.3 Å². The van der Waals surface area contributed by atoms with E-state index in [4.69, 9.17) is 10.3 Å². The van der Waals surface area contributed by atoms with Crippen LogP contribution in [0.1, 0.15) is 5.82 Å². The smallest absolute Gasteiger partial charge is 0.268 e. The maximum atomic E-state index is 5.56. The highest BCUT2D eigenvalue weighted by molar-refractivity contribution is 8.00. The van der Waals surface area contributed by atoms with Crippen LogP contribution in [-0.4, -0.2) is 15.1 Å². The molecule has 0 atom stereocenters. The lowest BCUT2D eigenvalue weighted by Crippen LogP contribution is -1.82. The minimum Gasteiger partial charge on any atom is -0.375 e. The van der Waals surface area contributed by atoms with Crippen LogP contribution in [0.2, 0.25) is 0 Å². The van der Waals surface area contributed by atoms with Gasteiger partial charge in [-0.05, 0) is 11.4 Å². The third kappa shape index (κ3) is 2.55. The van der Waals surface area contributed by atoms with E-state index in [2.05, 4.69) is 15.1 Å². The van der Waals surface area contributed by atoms with Crippen LogP contribution < -0.4 is 5.73 Å². The minimum atomic E-state index is 0.574. The second-order valence-electron chi connectivity index (χ2n) is 3.30. The molecule has 0 saturated heterocycles. The van der Waals surface area contributed by atoms with E-state index < -0.39 is 0 Å². The van der Waals surface area contributed by atoms with Crippen molar-refractivity contribution in [2.75, 3.05) is 5.73 Å². The number of hydrogen-bond acceptors (Lipinski definition) is 8. The van der Waals surface area contributed by atoms with Crippen LogP contribution in [0.3, 0.4) is 0 Å². The maximum Gasteiger partial charge on any atom is 0.268 e. The van der Waals surface area contributed by atoms with Crippen molar-refractivity contribution in [3.63, 3.8) is 0 Å². The number of nitrogen functional groups attached to an aromatic ring is 1. The van der Waals surface area contributed by atoms with Crippen molar-refractivity contribution < 1.29 is 4.52 Å². The lowest BCUT2D eigenvalue weighted by molar-refractivity contribution is 0.426. The van der Waals surface area contributed by atoms with Crippen LogP contribution in [0, 0.1) is 0 Å². The Kier molecular flexibility index (Phi) is 3.31. The molecule has 3 rings (SSSR count). The summed E-state index contributed by atoms with van der Waals surface area (Å²) in [5.41, 5.74) is 5.56. The zero-order valence-corrected chi connectivity index (χ0v) is 11.5. The fourth-order valence-electron chi connectivity index (χ4n) is 1.29. The fourth-order valence-corrected chi connectivity index (χ4v) is 3.53. The first-order valence-corrected chi connectivity index (χ1v) is 7.70. The molecule has 3 aromatic heterocycles. The monoisotopic (exact) mass is 296 g/mol. The molecule has 0 fully saturated rings. The highest BCUT2D eigenvalue weighted by Gasteiger charge is 2.10. The van der Waals surface area contributed by atoms with Crippen molar-refractivity contribution in [3.05, 3.63) is 29.5 Å². The summed E-state index contributed by atoms with van der Waals surface area (Å²) in [5.74, 6) is 1.90. The number of anilines is 1. The van der Waals surface area contributed by atoms with Crippen molar-refractivity contribution in [1.82, 2.24) is 15.1 Å². The molecule has 0 aromatic carbocycles. The SMILES string of the molecule is Nc1ncc(SCc2noc(-c3cccs3)n2)s1. The van der Waals surface area contributed by atoms with Crippen molar-refractivity contribution >= 4 is 39.6 Å². The first-order valence-electron chi connectivity index (χ1n) is 5.02. The Morgan fingerprint density at radius 1 is 1.44 bits per heavy atom. The summed E-state index contributed by atoms with van der Waals surface area (Å²) >= 11 is 4.64. The van der Waals surface area contributed by atoms with Crippen molar-refractivity contribution in [3.8, 4) is 10.8 Å². The summed E-state index contributed by atoms with van der Waals surface area (Å²) in [6.45, 7) is 0. The van der Waals surface area contributed by atoms with Gasteiger partial charge in [0.25, 0.3) is 5.89 Å². The second kappa shape index (κ2) is 5.09. The summed E-state index contributed by atoms with van der Waals surface area (Å²) in [5, 5.41) is 6.50. The molecule has 0 aliphatic heterocycles. The van der Waals surface area contributed by atoms with Gasteiger partial charge in [0.05, 0.1) is 21.0 Å². The molecule has 0 unspecified atom stereocenters. The molecule has 92 valence electrons. The average molecular weight is 296 g/mol. The number of hydrogen-bond donors (Lipinski definition) is 1. The van der Waals surface area contributed by atoms with Gasteiger partial charge in [-0.15, -0.1) is 23.1 Å². The molecule has 0 spiro atoms. The van der Waals surface area contributed by atoms with Gasteiger partial charge in [-0.25, -0.2) is 4.98 Å². The number of aromatic nitrogens is 3. The van der Waals surface area contributed by atoms with E-state index in [0.717, 1.165) is 9.09 Å². The number of thioether (sulfide) groups is 1. The number of nitrogens with two attached hydrogens (primary N) is 1. The lowest BCUT2D eigenvalue weighted by atomic mass is 10.5. The molecule has 2 N–H and O–H groups in total. The quantitative estimate of drug-likeness (QED) is 0.745. The summed E-state index contributed by atoms with van der Waals surface area (Å²) in [4.78, 5) is 9.31. The van der Waals surface area contributed by atoms with Gasteiger partial charge in [0.2, 0.25) is 0 Å². The molecule has 0 aliphatic carbocycles. The topological polar surface area (TPSA) is 77.8 Å². The van der Waals surface area contributed by atoms with E-state index >= 15 is 0 Å². The van der Waals surface area contributed by atoms with Gasteiger partial charge in [0.1, 0.15) is 0 Å². The van der Waals surface area contributed by atoms with Crippen molar-refractivity contribution in [1.29, 1.82) is 0 Å². The van der Waals surface area contributed by atoms with Gasteiger partial charge >= 0.3 is 0 Å². The molecule has 0 amide bonds. The Labute approximate surface area is 115 Å². The largest absolute Gasteiger partial charge is 0.375 e. The average Bonchev–Trinajstić information content (AvgIpc) is 3.07. The van der Waals surface area contributed by atoms with Crippen LogP contribution in [0.15, 0.2) is 32.4 Å². The molecular weight excluding hydrogens is 288 g/mol. The summed E-state index contributed by atoms with van der Waals surface area (Å²) in [6, 6.07) is 3.91. The van der Waals surface area contributed by atoms with E-state index in [0.29, 0.717) is 22.6 Å². The van der Waals surface area contributed by atoms with Crippen molar-refractivity contribution in [2.45, 2.75) is 9.96 Å². The van der Waals surface area contributed by atoms with Crippen LogP contribution in [0.4, 0.5) is 5.13 Å². The maximum absolute atomic E-state index is 5.56. The predicted molar refractivity (Wildman–Crippen MR) is 73.7 cm³/mol. The van der Waals surface area contributed by atoms with E-state index in [1.165, 1.54) is 11.3 Å². The standard InChI is InChI=1S/C10H8N4OS3/c11-10-12-4-8(18-10)17-5-7-13-9(15-14-7)6-2-1-3-16-6/h1-4H,5H2,(H2,11,12). The third-order valence-electron chi connectivity index (χ3n) is 2.05. The molecular formula is C10H8N4OS3. The van der Waals surface area contributed by atoms with Gasteiger partial charge in [0, 0.05) is 0 Å². The molecule has 0 radical (unpaired) electrons. The number of rotatable bonds is 4. The lowest BCUT2D eigenvalue weighted by Gasteiger charge is -1.90. The minimum absolute atomic E-state index is 0.574. The van der Waals surface area contributed by atoms with Crippen LogP contribution >= 0.6 is 34.4 Å². The number of nitrogens with zero attached hydrogens (tertiary/aromatic N) is 3. The third-order valence-corrected chi connectivity index (χ3v) is 4.92. The van der Waals surface area contributed by atoms with Gasteiger partial charge in [-0.1, -0.05) is 22.6 Å². The summed E-state index contributed by atoms with van der Waals surface area (Å²) in [7, 11) is 0. The highest BCUT2D eigenvalue weighted by atomic mass is 32.2. The Balaban J connectivity index is 1.67. The molecule has 0 aliphatic rings. The predicted octanol–water partition coefficient (Wildman–Crippen LogP) is 3.13. The number of thiazole rings is 1. The van der Waals surface area contributed by atoms with Crippen LogP contribution in [-0.2, 0) is 5.75 Å². The Morgan fingerprint density at radius 3 is 3.11 bits per heavy atom. The van der Waals surface area contributed by atoms with Gasteiger partial charge in [0.15, 0.2) is 11.0 Å². The fraction of sp³-hybridized carbons (Fsp3) is 0.100. The Hall–Kier alpha value is -1.38. The molecule has 0 saturated carbocycles. The summed E-state index contributed by atoms with van der Waals surface area (Å²) in [6.07, 6.45) is 1.75. The molecule has 0 bridgehead atoms. The normalized spacial score (nSPS) is 10.9. The van der Waals surface area contributed by atoms with E-state index in [1.54, 1.807) is 29.3 Å². The van der Waals surface area contributed by atoms with E-state index in [1.807, 2.05) is 17.5 Å². The highest BCUT2D eigenvalue weighted by Crippen LogP contribution is 2.29. The molecule has 5 nitrogen and oxygen atoms in total. The first-order chi connectivity index (χ1) is 8.81. The van der Waals surface area contributed by atoms with Crippen molar-refractivity contribution in [2.24, 2.45) is 0 Å². The summed E-state index contributed by atoms with van der Waals surface area (Å²) < 4.78 is 6.25. The van der Waals surface area contributed by atoms with E-state index in [9.17, 15) is 0 Å². The molecule has 8 heteroatoms. The Bertz CT molecular complexity index is 631. The van der Waals surface area contributed by atoms with Crippen LogP contribution in [0.5, 0.6) is 0 Å². The molecule has 3 heterocycles. The van der Waals surface area contributed by atoms with Gasteiger partial charge in [-0.3, -0.25) is 0 Å². The van der Waals surface area contributed by atoms with E-state index in [-0.39, 0.29) is 0 Å². The van der Waals surface area contributed by atoms with Crippen LogP contribution in [0.25, 0.3) is 10.8 Å². The zero-order chi connectivity index (χ0) is 12.4. The first kappa shape index (κ1) is 11.7. The number of thiophene rings is 1. The Morgan fingerprint density at radius 2 is 2.39 bits per heavy atom. The zero-order valence-electron chi connectivity index (χ0n) is 9.07. The molecule has 3 aromatic rings. The second-order valence-corrected chi connectivity index (χ2v) is 6.58. The molecule has 18 heavy (non-hydrogen) atoms. The van der Waals surface area contributed by atoms with Gasteiger partial charge in [-0.2, -0.15) is 4.98 Å².